The molecule has 1 amide bonds. The van der Waals surface area contributed by atoms with E-state index in [-0.39, 0.29) is 6.09 Å². The van der Waals surface area contributed by atoms with Crippen molar-refractivity contribution in [2.24, 2.45) is 0 Å². The summed E-state index contributed by atoms with van der Waals surface area (Å²) >= 11 is 1.42. The fourth-order valence-corrected chi connectivity index (χ4v) is 2.65. The van der Waals surface area contributed by atoms with Crippen molar-refractivity contribution in [3.05, 3.63) is 5.82 Å². The Bertz CT molecular complexity index is 410. The standard InChI is InChI=1S/C11H18N4O2S/c1-3-17-11(16)15-6-4-5-14(7-8-15)10-12-9(2)13-18-10/h3-8H2,1-2H3. The molecule has 0 spiro atoms. The molecule has 0 atom stereocenters. The van der Waals surface area contributed by atoms with E-state index in [1.165, 1.54) is 11.5 Å². The molecule has 1 aliphatic rings. The molecule has 0 aromatic carbocycles. The number of carbonyl (C=O) groups excluding carboxylic acids is 1. The van der Waals surface area contributed by atoms with E-state index in [2.05, 4.69) is 14.3 Å². The number of anilines is 1. The summed E-state index contributed by atoms with van der Waals surface area (Å²) in [5.74, 6) is 0.807. The van der Waals surface area contributed by atoms with Crippen LogP contribution in [0.25, 0.3) is 0 Å². The molecule has 1 fully saturated rings. The Labute approximate surface area is 111 Å². The van der Waals surface area contributed by atoms with Crippen molar-refractivity contribution < 1.29 is 9.53 Å². The molecule has 100 valence electrons. The summed E-state index contributed by atoms with van der Waals surface area (Å²) in [6, 6.07) is 0. The van der Waals surface area contributed by atoms with E-state index in [1.807, 2.05) is 13.8 Å². The molecule has 1 aromatic rings. The van der Waals surface area contributed by atoms with Gasteiger partial charge in [-0.2, -0.15) is 4.37 Å². The van der Waals surface area contributed by atoms with Gasteiger partial charge in [-0.15, -0.1) is 0 Å². The van der Waals surface area contributed by atoms with Crippen LogP contribution in [0.1, 0.15) is 19.2 Å². The molecule has 1 aromatic heterocycles. The van der Waals surface area contributed by atoms with Gasteiger partial charge in [-0.3, -0.25) is 0 Å². The first-order valence-electron chi connectivity index (χ1n) is 6.17. The van der Waals surface area contributed by atoms with Crippen molar-refractivity contribution in [1.82, 2.24) is 14.3 Å². The lowest BCUT2D eigenvalue weighted by molar-refractivity contribution is 0.110. The van der Waals surface area contributed by atoms with Gasteiger partial charge in [-0.25, -0.2) is 9.78 Å². The van der Waals surface area contributed by atoms with E-state index in [1.54, 1.807) is 4.90 Å². The lowest BCUT2D eigenvalue weighted by atomic mass is 10.4. The fourth-order valence-electron chi connectivity index (χ4n) is 1.92. The number of nitrogens with zero attached hydrogens (tertiary/aromatic N) is 4. The lowest BCUT2D eigenvalue weighted by Gasteiger charge is -2.20. The first-order chi connectivity index (χ1) is 8.70. The predicted octanol–water partition coefficient (Wildman–Crippen LogP) is 1.52. The number of aryl methyl sites for hydroxylation is 1. The molecule has 0 N–H and O–H groups in total. The zero-order chi connectivity index (χ0) is 13.0. The van der Waals surface area contributed by atoms with Crippen LogP contribution in [0.4, 0.5) is 9.93 Å². The molecule has 1 aliphatic heterocycles. The van der Waals surface area contributed by atoms with Gasteiger partial charge < -0.3 is 14.5 Å². The molecule has 2 rings (SSSR count). The van der Waals surface area contributed by atoms with Gasteiger partial charge in [0.1, 0.15) is 5.82 Å². The Balaban J connectivity index is 1.94. The lowest BCUT2D eigenvalue weighted by Crippen LogP contribution is -2.35. The molecule has 0 bridgehead atoms. The van der Waals surface area contributed by atoms with Crippen LogP contribution in [0.15, 0.2) is 0 Å². The molecule has 0 radical (unpaired) electrons. The highest BCUT2D eigenvalue weighted by Gasteiger charge is 2.21. The van der Waals surface area contributed by atoms with Gasteiger partial charge in [-0.1, -0.05) is 0 Å². The third-order valence-corrected chi connectivity index (χ3v) is 3.68. The summed E-state index contributed by atoms with van der Waals surface area (Å²) in [7, 11) is 0. The zero-order valence-electron chi connectivity index (χ0n) is 10.8. The Kier molecular flexibility index (Phi) is 4.35. The Hall–Kier alpha value is -1.37. The third-order valence-electron chi connectivity index (χ3n) is 2.81. The Morgan fingerprint density at radius 1 is 1.39 bits per heavy atom. The van der Waals surface area contributed by atoms with Crippen LogP contribution in [0, 0.1) is 6.92 Å². The smallest absolute Gasteiger partial charge is 0.409 e. The third kappa shape index (κ3) is 3.10. The van der Waals surface area contributed by atoms with Crippen molar-refractivity contribution in [3.8, 4) is 0 Å². The second-order valence-corrected chi connectivity index (χ2v) is 4.88. The van der Waals surface area contributed by atoms with Crippen molar-refractivity contribution in [3.63, 3.8) is 0 Å². The Morgan fingerprint density at radius 2 is 2.22 bits per heavy atom. The van der Waals surface area contributed by atoms with E-state index in [0.29, 0.717) is 13.2 Å². The quantitative estimate of drug-likeness (QED) is 0.815. The van der Waals surface area contributed by atoms with Crippen LogP contribution >= 0.6 is 11.5 Å². The normalized spacial score (nSPS) is 16.6. The van der Waals surface area contributed by atoms with Crippen LogP contribution in [-0.4, -0.2) is 53.1 Å². The monoisotopic (exact) mass is 270 g/mol. The second-order valence-electron chi connectivity index (χ2n) is 4.15. The van der Waals surface area contributed by atoms with Crippen molar-refractivity contribution in [1.29, 1.82) is 0 Å². The van der Waals surface area contributed by atoms with E-state index in [9.17, 15) is 4.79 Å². The van der Waals surface area contributed by atoms with E-state index < -0.39 is 0 Å². The van der Waals surface area contributed by atoms with Crippen LogP contribution in [-0.2, 0) is 4.74 Å². The number of hydrogen-bond acceptors (Lipinski definition) is 6. The van der Waals surface area contributed by atoms with Crippen molar-refractivity contribution in [2.75, 3.05) is 37.7 Å². The average molecular weight is 270 g/mol. The molecule has 0 aliphatic carbocycles. The summed E-state index contributed by atoms with van der Waals surface area (Å²) < 4.78 is 9.21. The number of ether oxygens (including phenoxy) is 1. The molecule has 2 heterocycles. The molecule has 7 heteroatoms. The zero-order valence-corrected chi connectivity index (χ0v) is 11.6. The summed E-state index contributed by atoms with van der Waals surface area (Å²) in [5, 5.41) is 0.943. The number of hydrogen-bond donors (Lipinski definition) is 0. The number of rotatable bonds is 2. The highest BCUT2D eigenvalue weighted by atomic mass is 32.1. The fraction of sp³-hybridized carbons (Fsp3) is 0.727. The van der Waals surface area contributed by atoms with Crippen LogP contribution < -0.4 is 4.90 Å². The number of carbonyl (C=O) groups is 1. The molecule has 0 unspecified atom stereocenters. The largest absolute Gasteiger partial charge is 0.450 e. The average Bonchev–Trinajstić information content (AvgIpc) is 2.65. The molecule has 6 nitrogen and oxygen atoms in total. The van der Waals surface area contributed by atoms with Gasteiger partial charge in [0.2, 0.25) is 5.13 Å². The summed E-state index contributed by atoms with van der Waals surface area (Å²) in [6.07, 6.45) is 0.713. The van der Waals surface area contributed by atoms with E-state index in [4.69, 9.17) is 4.74 Å². The predicted molar refractivity (Wildman–Crippen MR) is 70.1 cm³/mol. The van der Waals surface area contributed by atoms with E-state index >= 15 is 0 Å². The highest BCUT2D eigenvalue weighted by molar-refractivity contribution is 7.09. The molecular formula is C11H18N4O2S. The SMILES string of the molecule is CCOC(=O)N1CCCN(c2nc(C)ns2)CC1. The maximum atomic E-state index is 11.7. The van der Waals surface area contributed by atoms with Crippen LogP contribution in [0.3, 0.4) is 0 Å². The van der Waals surface area contributed by atoms with E-state index in [0.717, 1.165) is 37.0 Å². The maximum Gasteiger partial charge on any atom is 0.409 e. The minimum atomic E-state index is -0.215. The van der Waals surface area contributed by atoms with Crippen molar-refractivity contribution in [2.45, 2.75) is 20.3 Å². The van der Waals surface area contributed by atoms with Gasteiger partial charge in [-0.05, 0) is 20.3 Å². The Morgan fingerprint density at radius 3 is 2.89 bits per heavy atom. The van der Waals surface area contributed by atoms with Crippen molar-refractivity contribution >= 4 is 22.8 Å². The number of aromatic nitrogens is 2. The maximum absolute atomic E-state index is 11.7. The second kappa shape index (κ2) is 5.99. The molecule has 18 heavy (non-hydrogen) atoms. The highest BCUT2D eigenvalue weighted by Crippen LogP contribution is 2.18. The van der Waals surface area contributed by atoms with Gasteiger partial charge in [0, 0.05) is 37.7 Å². The summed E-state index contributed by atoms with van der Waals surface area (Å²) in [4.78, 5) is 20.0. The van der Waals surface area contributed by atoms with Gasteiger partial charge in [0.05, 0.1) is 6.61 Å². The summed E-state index contributed by atoms with van der Waals surface area (Å²) in [5.41, 5.74) is 0. The number of amides is 1. The minimum Gasteiger partial charge on any atom is -0.450 e. The van der Waals surface area contributed by atoms with Crippen LogP contribution in [0.2, 0.25) is 0 Å². The topological polar surface area (TPSA) is 58.6 Å². The molecular weight excluding hydrogens is 252 g/mol. The van der Waals surface area contributed by atoms with Gasteiger partial charge in [0.25, 0.3) is 0 Å². The first kappa shape index (κ1) is 13.1. The minimum absolute atomic E-state index is 0.215. The van der Waals surface area contributed by atoms with Crippen LogP contribution in [0.5, 0.6) is 0 Å². The molecule has 0 saturated carbocycles. The first-order valence-corrected chi connectivity index (χ1v) is 6.95. The summed E-state index contributed by atoms with van der Waals surface area (Å²) in [6.45, 7) is 7.26. The van der Waals surface area contributed by atoms with Gasteiger partial charge in [0.15, 0.2) is 0 Å². The van der Waals surface area contributed by atoms with Gasteiger partial charge >= 0.3 is 6.09 Å². The molecule has 1 saturated heterocycles.